The van der Waals surface area contributed by atoms with Crippen molar-refractivity contribution in [1.82, 2.24) is 0 Å². The Hall–Kier alpha value is -2.87. The molecule has 0 unspecified atom stereocenters. The van der Waals surface area contributed by atoms with Crippen LogP contribution in [0.3, 0.4) is 0 Å². The Morgan fingerprint density at radius 3 is 2.62 bits per heavy atom. The summed E-state index contributed by atoms with van der Waals surface area (Å²) in [7, 11) is 1.72. The van der Waals surface area contributed by atoms with Crippen LogP contribution in [-0.4, -0.2) is 19.5 Å². The number of nitriles is 1. The molecule has 0 aliphatic carbocycles. The van der Waals surface area contributed by atoms with E-state index in [0.717, 1.165) is 0 Å². The molecule has 0 fully saturated rings. The first-order chi connectivity index (χ1) is 10.1. The lowest BCUT2D eigenvalue weighted by atomic mass is 10.2. The van der Waals surface area contributed by atoms with Crippen LogP contribution in [0.5, 0.6) is 0 Å². The molecule has 106 valence electrons. The summed E-state index contributed by atoms with van der Waals surface area (Å²) in [6.45, 7) is 0.101. The van der Waals surface area contributed by atoms with Crippen LogP contribution in [0.2, 0.25) is 0 Å². The third-order valence-electron chi connectivity index (χ3n) is 2.93. The minimum absolute atomic E-state index is 0.101. The van der Waals surface area contributed by atoms with Gasteiger partial charge in [0, 0.05) is 18.4 Å². The Morgan fingerprint density at radius 2 is 2.00 bits per heavy atom. The average Bonchev–Trinajstić information content (AvgIpc) is 2.48. The fraction of sp³-hybridized carbons (Fsp3) is 0.125. The van der Waals surface area contributed by atoms with Crippen molar-refractivity contribution in [1.29, 1.82) is 5.26 Å². The number of carbonyl (C=O) groups excluding carboxylic acids is 1. The first-order valence-corrected chi connectivity index (χ1v) is 6.35. The van der Waals surface area contributed by atoms with E-state index >= 15 is 0 Å². The molecular formula is C16H14FN3O. The van der Waals surface area contributed by atoms with E-state index in [2.05, 4.69) is 5.32 Å². The van der Waals surface area contributed by atoms with E-state index in [-0.39, 0.29) is 18.3 Å². The number of amides is 1. The van der Waals surface area contributed by atoms with Gasteiger partial charge in [0.25, 0.3) is 0 Å². The van der Waals surface area contributed by atoms with Crippen molar-refractivity contribution in [2.24, 2.45) is 0 Å². The maximum Gasteiger partial charge on any atom is 0.243 e. The molecule has 2 aromatic rings. The van der Waals surface area contributed by atoms with Gasteiger partial charge in [-0.15, -0.1) is 0 Å². The molecule has 5 heteroatoms. The van der Waals surface area contributed by atoms with Crippen LogP contribution in [0.25, 0.3) is 0 Å². The van der Waals surface area contributed by atoms with Gasteiger partial charge in [0.2, 0.25) is 5.91 Å². The summed E-state index contributed by atoms with van der Waals surface area (Å²) in [4.78, 5) is 13.6. The van der Waals surface area contributed by atoms with Crippen molar-refractivity contribution >= 4 is 17.3 Å². The molecule has 0 aliphatic rings. The maximum absolute atomic E-state index is 13.1. The quantitative estimate of drug-likeness (QED) is 0.938. The Morgan fingerprint density at radius 1 is 1.29 bits per heavy atom. The smallest absolute Gasteiger partial charge is 0.243 e. The van der Waals surface area contributed by atoms with E-state index in [9.17, 15) is 9.18 Å². The summed E-state index contributed by atoms with van der Waals surface area (Å²) in [5, 5.41) is 11.4. The number of anilines is 2. The first kappa shape index (κ1) is 14.5. The lowest BCUT2D eigenvalue weighted by Gasteiger charge is -2.18. The van der Waals surface area contributed by atoms with Gasteiger partial charge in [-0.05, 0) is 42.5 Å². The standard InChI is InChI=1S/C16H14FN3O/c1-20(15-4-2-3-13(17)9-15)11-16(21)19-14-7-5-12(10-18)6-8-14/h2-9H,11H2,1H3,(H,19,21). The Balaban J connectivity index is 1.96. The zero-order chi connectivity index (χ0) is 15.2. The van der Waals surface area contributed by atoms with Gasteiger partial charge >= 0.3 is 0 Å². The van der Waals surface area contributed by atoms with Gasteiger partial charge in [-0.3, -0.25) is 4.79 Å². The normalized spacial score (nSPS) is 9.76. The van der Waals surface area contributed by atoms with Crippen molar-refractivity contribution in [3.8, 4) is 6.07 Å². The van der Waals surface area contributed by atoms with Crippen molar-refractivity contribution in [3.63, 3.8) is 0 Å². The molecule has 1 amide bonds. The van der Waals surface area contributed by atoms with Crippen LogP contribution < -0.4 is 10.2 Å². The number of nitrogens with zero attached hydrogens (tertiary/aromatic N) is 2. The maximum atomic E-state index is 13.1. The zero-order valence-corrected chi connectivity index (χ0v) is 11.5. The number of nitrogens with one attached hydrogen (secondary N) is 1. The van der Waals surface area contributed by atoms with Gasteiger partial charge in [0.1, 0.15) is 5.82 Å². The fourth-order valence-corrected chi connectivity index (χ4v) is 1.85. The summed E-state index contributed by atoms with van der Waals surface area (Å²) in [5.41, 5.74) is 1.78. The zero-order valence-electron chi connectivity index (χ0n) is 11.5. The van der Waals surface area contributed by atoms with Crippen LogP contribution in [0.4, 0.5) is 15.8 Å². The first-order valence-electron chi connectivity index (χ1n) is 6.35. The lowest BCUT2D eigenvalue weighted by molar-refractivity contribution is -0.114. The molecule has 2 aromatic carbocycles. The molecule has 1 N–H and O–H groups in total. The molecule has 0 heterocycles. The number of carbonyl (C=O) groups is 1. The minimum atomic E-state index is -0.341. The molecule has 0 bridgehead atoms. The Labute approximate surface area is 122 Å². The molecule has 0 saturated heterocycles. The third kappa shape index (κ3) is 4.05. The second-order valence-corrected chi connectivity index (χ2v) is 4.57. The molecule has 0 saturated carbocycles. The Bertz CT molecular complexity index is 677. The topological polar surface area (TPSA) is 56.1 Å². The lowest BCUT2D eigenvalue weighted by Crippen LogP contribution is -2.30. The van der Waals surface area contributed by atoms with Crippen molar-refractivity contribution < 1.29 is 9.18 Å². The summed E-state index contributed by atoms with van der Waals surface area (Å²) < 4.78 is 13.1. The largest absolute Gasteiger partial charge is 0.365 e. The summed E-state index contributed by atoms with van der Waals surface area (Å²) in [6.07, 6.45) is 0. The monoisotopic (exact) mass is 283 g/mol. The van der Waals surface area contributed by atoms with Crippen LogP contribution in [0.1, 0.15) is 5.56 Å². The van der Waals surface area contributed by atoms with Crippen LogP contribution in [0, 0.1) is 17.1 Å². The van der Waals surface area contributed by atoms with Crippen LogP contribution in [0.15, 0.2) is 48.5 Å². The Kier molecular flexibility index (Phi) is 4.52. The molecular weight excluding hydrogens is 269 g/mol. The van der Waals surface area contributed by atoms with Crippen molar-refractivity contribution in [2.45, 2.75) is 0 Å². The second kappa shape index (κ2) is 6.53. The van der Waals surface area contributed by atoms with Crippen LogP contribution in [-0.2, 0) is 4.79 Å². The predicted molar refractivity (Wildman–Crippen MR) is 79.5 cm³/mol. The van der Waals surface area contributed by atoms with Gasteiger partial charge in [-0.1, -0.05) is 6.07 Å². The van der Waals surface area contributed by atoms with Gasteiger partial charge in [0.15, 0.2) is 0 Å². The number of halogens is 1. The van der Waals surface area contributed by atoms with Crippen molar-refractivity contribution in [2.75, 3.05) is 23.8 Å². The number of rotatable bonds is 4. The molecule has 0 atom stereocenters. The van der Waals surface area contributed by atoms with E-state index in [1.807, 2.05) is 6.07 Å². The van der Waals surface area contributed by atoms with Gasteiger partial charge in [-0.2, -0.15) is 5.26 Å². The summed E-state index contributed by atoms with van der Waals surface area (Å²) in [6, 6.07) is 14.7. The van der Waals surface area contributed by atoms with E-state index in [1.165, 1.54) is 12.1 Å². The highest BCUT2D eigenvalue weighted by Crippen LogP contribution is 2.14. The molecule has 4 nitrogen and oxygen atoms in total. The van der Waals surface area contributed by atoms with Crippen molar-refractivity contribution in [3.05, 3.63) is 59.9 Å². The SMILES string of the molecule is CN(CC(=O)Nc1ccc(C#N)cc1)c1cccc(F)c1. The average molecular weight is 283 g/mol. The number of hydrogen-bond acceptors (Lipinski definition) is 3. The highest BCUT2D eigenvalue weighted by Gasteiger charge is 2.08. The minimum Gasteiger partial charge on any atom is -0.365 e. The van der Waals surface area contributed by atoms with E-state index in [1.54, 1.807) is 48.3 Å². The van der Waals surface area contributed by atoms with E-state index in [4.69, 9.17) is 5.26 Å². The number of hydrogen-bond donors (Lipinski definition) is 1. The fourth-order valence-electron chi connectivity index (χ4n) is 1.85. The summed E-state index contributed by atoms with van der Waals surface area (Å²) >= 11 is 0. The molecule has 0 spiro atoms. The third-order valence-corrected chi connectivity index (χ3v) is 2.93. The molecule has 0 aliphatic heterocycles. The molecule has 2 rings (SSSR count). The highest BCUT2D eigenvalue weighted by atomic mass is 19.1. The molecule has 0 radical (unpaired) electrons. The van der Waals surface area contributed by atoms with E-state index < -0.39 is 0 Å². The van der Waals surface area contributed by atoms with Gasteiger partial charge < -0.3 is 10.2 Å². The number of benzene rings is 2. The second-order valence-electron chi connectivity index (χ2n) is 4.57. The van der Waals surface area contributed by atoms with Gasteiger partial charge in [0.05, 0.1) is 18.2 Å². The van der Waals surface area contributed by atoms with Gasteiger partial charge in [-0.25, -0.2) is 4.39 Å². The highest BCUT2D eigenvalue weighted by molar-refractivity contribution is 5.94. The predicted octanol–water partition coefficient (Wildman–Crippen LogP) is 2.77. The van der Waals surface area contributed by atoms with Crippen LogP contribution >= 0.6 is 0 Å². The number of likely N-dealkylation sites (N-methyl/N-ethyl adjacent to an activating group) is 1. The summed E-state index contributed by atoms with van der Waals surface area (Å²) in [5.74, 6) is -0.557. The molecule has 21 heavy (non-hydrogen) atoms. The van der Waals surface area contributed by atoms with E-state index in [0.29, 0.717) is 16.9 Å². The molecule has 0 aromatic heterocycles.